The summed E-state index contributed by atoms with van der Waals surface area (Å²) in [4.78, 5) is 0. The zero-order valence-electron chi connectivity index (χ0n) is 6.69. The number of halogens is 1. The highest BCUT2D eigenvalue weighted by Gasteiger charge is 2.29. The van der Waals surface area contributed by atoms with E-state index in [4.69, 9.17) is 0 Å². The molecule has 0 aliphatic heterocycles. The number of hydrogen-bond acceptors (Lipinski definition) is 1. The summed E-state index contributed by atoms with van der Waals surface area (Å²) >= 11 is 0. The normalized spacial score (nSPS) is 15.8. The largest absolute Gasteiger partial charge is 0.143 e. The van der Waals surface area contributed by atoms with Gasteiger partial charge in [0.25, 0.3) is 0 Å². The van der Waals surface area contributed by atoms with Gasteiger partial charge in [0.1, 0.15) is 0 Å². The lowest BCUT2D eigenvalue weighted by atomic mass is 10.3. The van der Waals surface area contributed by atoms with Crippen LogP contribution in [0.3, 0.4) is 0 Å². The van der Waals surface area contributed by atoms with E-state index in [1.165, 1.54) is 0 Å². The molecule has 9 heavy (non-hydrogen) atoms. The molecule has 0 spiro atoms. The van der Waals surface area contributed by atoms with Gasteiger partial charge in [0, 0.05) is 4.75 Å². The summed E-state index contributed by atoms with van der Waals surface area (Å²) in [5.41, 5.74) is 0. The lowest BCUT2D eigenvalue weighted by Gasteiger charge is -2.38. The SMILES string of the molecule is CC(C)(C)S(C)(C)OF. The topological polar surface area (TPSA) is 9.23 Å². The van der Waals surface area contributed by atoms with Crippen LogP contribution in [0.15, 0.2) is 0 Å². The second kappa shape index (κ2) is 2.46. The fourth-order valence-electron chi connectivity index (χ4n) is 0.0945. The smallest absolute Gasteiger partial charge is 0.0157 e. The van der Waals surface area contributed by atoms with Crippen molar-refractivity contribution >= 4 is 10.3 Å². The molecule has 1 nitrogen and oxygen atoms in total. The Morgan fingerprint density at radius 2 is 1.56 bits per heavy atom. The molecule has 0 aliphatic carbocycles. The van der Waals surface area contributed by atoms with Crippen LogP contribution in [0.4, 0.5) is 4.53 Å². The van der Waals surface area contributed by atoms with Crippen molar-refractivity contribution in [3.05, 3.63) is 0 Å². The van der Waals surface area contributed by atoms with Crippen LogP contribution in [0.5, 0.6) is 0 Å². The van der Waals surface area contributed by atoms with Crippen molar-refractivity contribution in [1.29, 1.82) is 0 Å². The number of hydrogen-bond donors (Lipinski definition) is 0. The quantitative estimate of drug-likeness (QED) is 0.564. The van der Waals surface area contributed by atoms with E-state index in [-0.39, 0.29) is 4.75 Å². The first-order chi connectivity index (χ1) is 3.81. The molecule has 0 aromatic carbocycles. The summed E-state index contributed by atoms with van der Waals surface area (Å²) in [6, 6.07) is 0. The second-order valence-corrected chi connectivity index (χ2v) is 7.23. The predicted octanol–water partition coefficient (Wildman–Crippen LogP) is 2.67. The first-order valence-electron chi connectivity index (χ1n) is 2.84. The van der Waals surface area contributed by atoms with Crippen LogP contribution in [0.1, 0.15) is 20.8 Å². The van der Waals surface area contributed by atoms with Crippen molar-refractivity contribution in [2.24, 2.45) is 0 Å². The van der Waals surface area contributed by atoms with E-state index in [2.05, 4.69) is 4.39 Å². The minimum atomic E-state index is -1.50. The van der Waals surface area contributed by atoms with Crippen molar-refractivity contribution in [1.82, 2.24) is 0 Å². The molecule has 0 N–H and O–H groups in total. The van der Waals surface area contributed by atoms with Crippen LogP contribution in [-0.4, -0.2) is 17.3 Å². The van der Waals surface area contributed by atoms with Gasteiger partial charge in [-0.05, 0) is 17.0 Å². The first kappa shape index (κ1) is 9.24. The van der Waals surface area contributed by atoms with Gasteiger partial charge in [0.15, 0.2) is 0 Å². The molecule has 58 valence electrons. The highest BCUT2D eigenvalue weighted by atomic mass is 32.3. The third kappa shape index (κ3) is 2.14. The molecule has 0 bridgehead atoms. The van der Waals surface area contributed by atoms with Crippen molar-refractivity contribution < 1.29 is 8.91 Å². The highest BCUT2D eigenvalue weighted by Crippen LogP contribution is 2.53. The van der Waals surface area contributed by atoms with Crippen molar-refractivity contribution in [2.45, 2.75) is 25.5 Å². The predicted molar refractivity (Wildman–Crippen MR) is 41.4 cm³/mol. The van der Waals surface area contributed by atoms with Gasteiger partial charge in [-0.25, -0.2) is 0 Å². The Morgan fingerprint density at radius 3 is 1.56 bits per heavy atom. The molecule has 0 aromatic rings. The molecule has 0 aliphatic rings. The Bertz CT molecular complexity index is 95.7. The van der Waals surface area contributed by atoms with Crippen molar-refractivity contribution in [3.63, 3.8) is 0 Å². The molecule has 0 atom stereocenters. The van der Waals surface area contributed by atoms with Crippen molar-refractivity contribution in [2.75, 3.05) is 12.5 Å². The minimum Gasteiger partial charge on any atom is -0.143 e. The standard InChI is InChI=1S/C6H15FOS/c1-6(2,3)9(4,5)8-7/h1-5H3. The molecule has 0 heterocycles. The van der Waals surface area contributed by atoms with Gasteiger partial charge in [-0.3, -0.25) is 0 Å². The zero-order chi connectivity index (χ0) is 7.71. The summed E-state index contributed by atoms with van der Waals surface area (Å²) in [6.45, 7) is 5.92. The van der Waals surface area contributed by atoms with E-state index in [1.807, 2.05) is 33.3 Å². The zero-order valence-corrected chi connectivity index (χ0v) is 7.51. The lowest BCUT2D eigenvalue weighted by Crippen LogP contribution is -2.22. The van der Waals surface area contributed by atoms with Crippen LogP contribution >= 0.6 is 10.3 Å². The summed E-state index contributed by atoms with van der Waals surface area (Å²) in [5.74, 6) is 0. The summed E-state index contributed by atoms with van der Waals surface area (Å²) in [7, 11) is -1.50. The third-order valence-corrected chi connectivity index (χ3v) is 4.90. The van der Waals surface area contributed by atoms with Gasteiger partial charge in [-0.15, -0.1) is 4.39 Å². The third-order valence-electron chi connectivity index (χ3n) is 1.63. The van der Waals surface area contributed by atoms with Crippen molar-refractivity contribution in [3.8, 4) is 0 Å². The molecule has 0 saturated heterocycles. The van der Waals surface area contributed by atoms with Crippen LogP contribution < -0.4 is 0 Å². The van der Waals surface area contributed by atoms with Crippen LogP contribution in [0.2, 0.25) is 0 Å². The van der Waals surface area contributed by atoms with Gasteiger partial charge >= 0.3 is 0 Å². The lowest BCUT2D eigenvalue weighted by molar-refractivity contribution is 0.0117. The molecule has 0 rings (SSSR count). The maximum absolute atomic E-state index is 11.8. The van der Waals surface area contributed by atoms with Gasteiger partial charge in [0.05, 0.1) is 0 Å². The number of rotatable bonds is 1. The minimum absolute atomic E-state index is 0.0677. The Morgan fingerprint density at radius 1 is 1.22 bits per heavy atom. The Kier molecular flexibility index (Phi) is 2.53. The molecular weight excluding hydrogens is 139 g/mol. The van der Waals surface area contributed by atoms with E-state index in [9.17, 15) is 4.53 Å². The summed E-state index contributed by atoms with van der Waals surface area (Å²) in [5, 5.41) is 0. The molecule has 0 fully saturated rings. The molecule has 3 heteroatoms. The molecular formula is C6H15FOS. The van der Waals surface area contributed by atoms with Crippen LogP contribution in [0, 0.1) is 0 Å². The van der Waals surface area contributed by atoms with E-state index in [0.29, 0.717) is 0 Å². The average Bonchev–Trinajstić information content (AvgIpc) is 1.64. The van der Waals surface area contributed by atoms with Crippen LogP contribution in [-0.2, 0) is 4.39 Å². The van der Waals surface area contributed by atoms with Gasteiger partial charge in [-0.1, -0.05) is 31.1 Å². The van der Waals surface area contributed by atoms with Gasteiger partial charge < -0.3 is 0 Å². The Balaban J connectivity index is 4.14. The molecule has 0 aromatic heterocycles. The van der Waals surface area contributed by atoms with Gasteiger partial charge in [-0.2, -0.15) is 0 Å². The average molecular weight is 154 g/mol. The monoisotopic (exact) mass is 154 g/mol. The van der Waals surface area contributed by atoms with E-state index in [0.717, 1.165) is 0 Å². The van der Waals surface area contributed by atoms with E-state index in [1.54, 1.807) is 0 Å². The molecule has 0 unspecified atom stereocenters. The maximum atomic E-state index is 11.8. The molecule has 0 saturated carbocycles. The van der Waals surface area contributed by atoms with Gasteiger partial charge in [0.2, 0.25) is 0 Å². The summed E-state index contributed by atoms with van der Waals surface area (Å²) < 4.78 is 15.6. The maximum Gasteiger partial charge on any atom is 0.0157 e. The summed E-state index contributed by atoms with van der Waals surface area (Å²) in [6.07, 6.45) is 3.62. The van der Waals surface area contributed by atoms with E-state index < -0.39 is 10.3 Å². The first-order valence-corrected chi connectivity index (χ1v) is 5.22. The second-order valence-electron chi connectivity index (χ2n) is 3.41. The molecule has 0 amide bonds. The van der Waals surface area contributed by atoms with Crippen LogP contribution in [0.25, 0.3) is 0 Å². The highest BCUT2D eigenvalue weighted by molar-refractivity contribution is 8.29. The Hall–Kier alpha value is 0.240. The fraction of sp³-hybridized carbons (Fsp3) is 1.00. The Labute approximate surface area is 58.0 Å². The molecule has 0 radical (unpaired) electrons. The van der Waals surface area contributed by atoms with E-state index >= 15 is 0 Å². The fourth-order valence-corrected chi connectivity index (χ4v) is 0.283.